The van der Waals surface area contributed by atoms with Gasteiger partial charge in [0.2, 0.25) is 5.69 Å². The van der Waals surface area contributed by atoms with E-state index in [0.717, 1.165) is 16.8 Å². The zero-order chi connectivity index (χ0) is 24.7. The Kier molecular flexibility index (Phi) is 5.37. The molecule has 1 saturated heterocycles. The van der Waals surface area contributed by atoms with Gasteiger partial charge in [0.25, 0.3) is 0 Å². The van der Waals surface area contributed by atoms with E-state index in [9.17, 15) is 30.3 Å². The minimum Gasteiger partial charge on any atom is -0.378 e. The van der Waals surface area contributed by atoms with Crippen molar-refractivity contribution >= 4 is 50.2 Å². The van der Waals surface area contributed by atoms with E-state index in [4.69, 9.17) is 4.74 Å². The zero-order valence-electron chi connectivity index (χ0n) is 18.1. The lowest BCUT2D eigenvalue weighted by atomic mass is 10.1. The highest BCUT2D eigenvalue weighted by Crippen LogP contribution is 2.48. The number of hydrogen-bond acceptors (Lipinski definition) is 9. The van der Waals surface area contributed by atoms with Crippen LogP contribution < -0.4 is 10.3 Å². The molecule has 4 aromatic rings. The van der Waals surface area contributed by atoms with Gasteiger partial charge in [-0.1, -0.05) is 36.4 Å². The van der Waals surface area contributed by atoms with Crippen LogP contribution in [0.15, 0.2) is 54.6 Å². The number of para-hydroxylation sites is 2. The highest BCUT2D eigenvalue weighted by atomic mass is 16.6. The van der Waals surface area contributed by atoms with Crippen LogP contribution in [0.3, 0.4) is 0 Å². The number of anilines is 2. The van der Waals surface area contributed by atoms with Crippen molar-refractivity contribution in [2.24, 2.45) is 0 Å². The second-order valence-corrected chi connectivity index (χ2v) is 7.84. The highest BCUT2D eigenvalue weighted by molar-refractivity contribution is 6.08. The molecule has 2 heterocycles. The number of benzene rings is 3. The lowest BCUT2D eigenvalue weighted by molar-refractivity contribution is -0.400. The molecule has 0 radical (unpaired) electrons. The van der Waals surface area contributed by atoms with Crippen LogP contribution in [0.1, 0.15) is 0 Å². The third-order valence-electron chi connectivity index (χ3n) is 5.94. The summed E-state index contributed by atoms with van der Waals surface area (Å²) in [4.78, 5) is 35.1. The van der Waals surface area contributed by atoms with E-state index < -0.39 is 37.5 Å². The maximum absolute atomic E-state index is 12.3. The molecule has 0 spiro atoms. The van der Waals surface area contributed by atoms with E-state index in [-0.39, 0.29) is 32.0 Å². The molecule has 5 rings (SSSR count). The topological polar surface area (TPSA) is 159 Å². The van der Waals surface area contributed by atoms with Crippen molar-refractivity contribution in [3.63, 3.8) is 0 Å². The number of nitrogens with one attached hydrogen (secondary N) is 1. The molecule has 13 heteroatoms. The van der Waals surface area contributed by atoms with Crippen LogP contribution in [0.4, 0.5) is 28.4 Å². The minimum atomic E-state index is -0.862. The first kappa shape index (κ1) is 22.0. The van der Waals surface area contributed by atoms with Gasteiger partial charge in [0.15, 0.2) is 5.69 Å². The predicted molar refractivity (Wildman–Crippen MR) is 128 cm³/mol. The van der Waals surface area contributed by atoms with Gasteiger partial charge in [-0.25, -0.2) is 0 Å². The number of nitro groups is 3. The van der Waals surface area contributed by atoms with E-state index in [1.54, 1.807) is 24.3 Å². The van der Waals surface area contributed by atoms with Crippen LogP contribution in [0.2, 0.25) is 0 Å². The lowest BCUT2D eigenvalue weighted by Gasteiger charge is -2.28. The molecular weight excluding hydrogens is 460 g/mol. The van der Waals surface area contributed by atoms with Crippen molar-refractivity contribution in [3.8, 4) is 0 Å². The molecule has 1 fully saturated rings. The second-order valence-electron chi connectivity index (χ2n) is 7.84. The Hall–Kier alpha value is -4.78. The summed E-state index contributed by atoms with van der Waals surface area (Å²) < 4.78 is 6.81. The molecule has 1 aliphatic heterocycles. The number of fused-ring (bicyclic) bond motifs is 3. The van der Waals surface area contributed by atoms with E-state index in [2.05, 4.69) is 5.43 Å². The molecule has 0 saturated carbocycles. The first-order valence-electron chi connectivity index (χ1n) is 10.6. The maximum atomic E-state index is 12.3. The van der Waals surface area contributed by atoms with Crippen molar-refractivity contribution in [1.82, 2.24) is 4.68 Å². The highest BCUT2D eigenvalue weighted by Gasteiger charge is 2.40. The van der Waals surface area contributed by atoms with E-state index >= 15 is 0 Å². The number of aromatic nitrogens is 1. The number of hydrogen-bond donors (Lipinski definition) is 1. The third-order valence-corrected chi connectivity index (χ3v) is 5.94. The standard InChI is InChI=1S/C22H18N6O7/c29-26(30)18-13-19(27(31)32)21(24-9-11-35-12-10-24)22(28(33)34)20(18)23-25-16-7-3-1-5-14(16)15-6-2-4-8-17(15)25/h1-8,13,23H,9-12H2. The summed E-state index contributed by atoms with van der Waals surface area (Å²) in [5.74, 6) is 0. The average molecular weight is 478 g/mol. The number of rotatable bonds is 6. The maximum Gasteiger partial charge on any atom is 0.331 e. The SMILES string of the molecule is O=[N+]([O-])c1cc([N+](=O)[O-])c(N2CCOCC2)c([N+](=O)[O-])c1Nn1c2ccccc2c2ccccc21. The van der Waals surface area contributed by atoms with Crippen molar-refractivity contribution in [3.05, 3.63) is 84.9 Å². The Morgan fingerprint density at radius 3 is 1.83 bits per heavy atom. The van der Waals surface area contributed by atoms with Crippen LogP contribution >= 0.6 is 0 Å². The molecule has 13 nitrogen and oxygen atoms in total. The number of nitro benzene ring substituents is 3. The van der Waals surface area contributed by atoms with E-state index in [1.807, 2.05) is 24.3 Å². The van der Waals surface area contributed by atoms with Crippen molar-refractivity contribution < 1.29 is 19.5 Å². The first-order valence-corrected chi connectivity index (χ1v) is 10.6. The molecule has 0 amide bonds. The molecular formula is C22H18N6O7. The summed E-state index contributed by atoms with van der Waals surface area (Å²) in [6, 6.07) is 15.3. The molecule has 0 unspecified atom stereocenters. The smallest absolute Gasteiger partial charge is 0.331 e. The van der Waals surface area contributed by atoms with Crippen LogP contribution in [-0.2, 0) is 4.74 Å². The van der Waals surface area contributed by atoms with Gasteiger partial charge in [-0.05, 0) is 12.1 Å². The van der Waals surface area contributed by atoms with Crippen LogP contribution in [-0.4, -0.2) is 45.7 Å². The Morgan fingerprint density at radius 2 is 1.31 bits per heavy atom. The van der Waals surface area contributed by atoms with Crippen molar-refractivity contribution in [2.45, 2.75) is 0 Å². The zero-order valence-corrected chi connectivity index (χ0v) is 18.1. The van der Waals surface area contributed by atoms with Crippen LogP contribution in [0, 0.1) is 30.3 Å². The second kappa shape index (κ2) is 8.53. The van der Waals surface area contributed by atoms with Gasteiger partial charge >= 0.3 is 17.1 Å². The first-order chi connectivity index (χ1) is 16.9. The van der Waals surface area contributed by atoms with E-state index in [0.29, 0.717) is 11.0 Å². The fraction of sp³-hybridized carbons (Fsp3) is 0.182. The largest absolute Gasteiger partial charge is 0.378 e. The van der Waals surface area contributed by atoms with E-state index in [1.165, 1.54) is 9.58 Å². The summed E-state index contributed by atoms with van der Waals surface area (Å²) in [5, 5.41) is 37.9. The average Bonchev–Trinajstić information content (AvgIpc) is 3.17. The number of ether oxygens (including phenoxy) is 1. The Labute approximate surface area is 196 Å². The van der Waals surface area contributed by atoms with Crippen LogP contribution in [0.5, 0.6) is 0 Å². The fourth-order valence-electron chi connectivity index (χ4n) is 4.46. The molecule has 1 N–H and O–H groups in total. The number of nitrogens with zero attached hydrogens (tertiary/aromatic N) is 5. The fourth-order valence-corrected chi connectivity index (χ4v) is 4.46. The molecule has 178 valence electrons. The third kappa shape index (κ3) is 3.63. The van der Waals surface area contributed by atoms with Gasteiger partial charge in [0.1, 0.15) is 0 Å². The van der Waals surface area contributed by atoms with Crippen molar-refractivity contribution in [2.75, 3.05) is 36.6 Å². The summed E-state index contributed by atoms with van der Waals surface area (Å²) >= 11 is 0. The van der Waals surface area contributed by atoms with Gasteiger partial charge in [0, 0.05) is 23.9 Å². The summed E-state index contributed by atoms with van der Waals surface area (Å²) in [7, 11) is 0. The van der Waals surface area contributed by atoms with Crippen molar-refractivity contribution in [1.29, 1.82) is 0 Å². The van der Waals surface area contributed by atoms with Gasteiger partial charge in [-0.3, -0.25) is 40.4 Å². The molecule has 1 aromatic heterocycles. The Balaban J connectivity index is 1.83. The Morgan fingerprint density at radius 1 is 0.771 bits per heavy atom. The van der Waals surface area contributed by atoms with Crippen LogP contribution in [0.25, 0.3) is 21.8 Å². The molecule has 0 atom stereocenters. The van der Waals surface area contributed by atoms with Gasteiger partial charge in [0.05, 0.1) is 45.1 Å². The normalized spacial score (nSPS) is 13.8. The quantitative estimate of drug-likeness (QED) is 0.316. The Bertz CT molecular complexity index is 1460. The van der Waals surface area contributed by atoms with Gasteiger partial charge < -0.3 is 9.64 Å². The molecule has 0 bridgehead atoms. The summed E-state index contributed by atoms with van der Waals surface area (Å²) in [6.45, 7) is 0.741. The summed E-state index contributed by atoms with van der Waals surface area (Å²) in [6.07, 6.45) is 0. The van der Waals surface area contributed by atoms with Gasteiger partial charge in [-0.15, -0.1) is 0 Å². The van der Waals surface area contributed by atoms with Gasteiger partial charge in [-0.2, -0.15) is 0 Å². The molecule has 35 heavy (non-hydrogen) atoms. The molecule has 0 aliphatic carbocycles. The monoisotopic (exact) mass is 478 g/mol. The molecule has 1 aliphatic rings. The molecule has 3 aromatic carbocycles. The minimum absolute atomic E-state index is 0.161. The predicted octanol–water partition coefficient (Wildman–Crippen LogP) is 4.23. The lowest BCUT2D eigenvalue weighted by Crippen LogP contribution is -2.37. The number of morpholine rings is 1. The summed E-state index contributed by atoms with van der Waals surface area (Å²) in [5.41, 5.74) is 1.16.